The van der Waals surface area contributed by atoms with Crippen LogP contribution in [-0.4, -0.2) is 104 Å². The number of carbonyl (C=O) groups is 2. The summed E-state index contributed by atoms with van der Waals surface area (Å²) in [6, 6.07) is 7.09. The summed E-state index contributed by atoms with van der Waals surface area (Å²) in [7, 11) is -10.3. The van der Waals surface area contributed by atoms with Crippen LogP contribution in [0.25, 0.3) is 0 Å². The van der Waals surface area contributed by atoms with Crippen molar-refractivity contribution in [1.82, 2.24) is 5.32 Å². The first-order valence-electron chi connectivity index (χ1n) is 27.9. The lowest BCUT2D eigenvalue weighted by Gasteiger charge is -2.41. The first-order chi connectivity index (χ1) is 35.1. The van der Waals surface area contributed by atoms with E-state index in [0.717, 1.165) is 51.4 Å². The zero-order valence-corrected chi connectivity index (χ0v) is 46.0. The molecule has 1 aromatic carbocycles. The Balaban J connectivity index is 2.05. The first-order valence-corrected chi connectivity index (χ1v) is 30.7. The second kappa shape index (κ2) is 41.4. The molecule has 16 nitrogen and oxygen atoms in total. The number of hydrogen-bond acceptors (Lipinski definition) is 13. The van der Waals surface area contributed by atoms with Gasteiger partial charge >= 0.3 is 26.8 Å². The fourth-order valence-corrected chi connectivity index (χ4v) is 9.66. The minimum atomic E-state index is -5.30. The van der Waals surface area contributed by atoms with Gasteiger partial charge in [-0.15, -0.1) is 0 Å². The Kier molecular flexibility index (Phi) is 37.6. The molecule has 0 spiro atoms. The third-order valence-electron chi connectivity index (χ3n) is 13.2. The van der Waals surface area contributed by atoms with Crippen molar-refractivity contribution in [3.8, 4) is 0 Å². The van der Waals surface area contributed by atoms with Crippen molar-refractivity contribution >= 4 is 32.7 Å². The molecule has 422 valence electrons. The molecule has 5 N–H and O–H groups in total. The molecule has 18 heteroatoms. The molecule has 1 saturated heterocycles. The third-order valence-corrected chi connectivity index (χ3v) is 14.1. The predicted octanol–water partition coefficient (Wildman–Crippen LogP) is 11.8. The van der Waals surface area contributed by atoms with Crippen LogP contribution in [0.15, 0.2) is 54.6 Å². The highest BCUT2D eigenvalue weighted by atomic mass is 32.3. The van der Waals surface area contributed by atoms with Gasteiger partial charge in [0.15, 0.2) is 12.4 Å². The fourth-order valence-electron chi connectivity index (χ4n) is 8.86. The van der Waals surface area contributed by atoms with Gasteiger partial charge in [-0.1, -0.05) is 204 Å². The lowest BCUT2D eigenvalue weighted by Crippen LogP contribution is -2.61. The highest BCUT2D eigenvalue weighted by molar-refractivity contribution is 7.81. The Bertz CT molecular complexity index is 1830. The summed E-state index contributed by atoms with van der Waals surface area (Å²) in [6.45, 7) is 2.86. The van der Waals surface area contributed by atoms with Crippen LogP contribution in [0.5, 0.6) is 0 Å². The molecule has 1 aliphatic heterocycles. The number of carbonyl (C=O) groups excluding carboxylic acids is 2. The van der Waals surface area contributed by atoms with Crippen LogP contribution in [0.4, 0.5) is 0 Å². The molecular formula is C55H95NO15S2. The van der Waals surface area contributed by atoms with Crippen molar-refractivity contribution in [2.75, 3.05) is 13.2 Å². The Morgan fingerprint density at radius 3 is 1.53 bits per heavy atom. The maximum Gasteiger partial charge on any atom is 0.397 e. The standard InChI is InChI=1S/C55H95NO15S2/c1-3-5-7-9-11-13-15-17-18-19-20-21-22-23-24-26-28-30-32-34-39-43-50(57)56-47(44-67-55-53(71-73(64,65)66)52(59)51(58)49(70-55)45-68-72(61,62)63)48(69-54(60)46-40-36-35-37-41-46)42-38-33-31-29-27-25-16-14-12-10-8-6-4-2/h17-18,35-38,40-42,47-49,51-53,55,58-59H,3-16,19-34,39,43-45H2,1-2H3,(H,56,57)(H,61,62,63)(H,64,65,66)/b18-17-,42-38+/t47-,48+,49+,51-,52-,53+,55-/m0/s1. The van der Waals surface area contributed by atoms with Crippen LogP contribution in [0.1, 0.15) is 230 Å². The van der Waals surface area contributed by atoms with Crippen molar-refractivity contribution in [3.63, 3.8) is 0 Å². The Morgan fingerprint density at radius 1 is 0.616 bits per heavy atom. The van der Waals surface area contributed by atoms with Gasteiger partial charge in [0.25, 0.3) is 0 Å². The molecule has 1 fully saturated rings. The lowest BCUT2D eigenvalue weighted by atomic mass is 9.99. The van der Waals surface area contributed by atoms with E-state index in [9.17, 15) is 41.2 Å². The van der Waals surface area contributed by atoms with Crippen LogP contribution in [0.3, 0.4) is 0 Å². The second-order valence-corrected chi connectivity index (χ2v) is 21.8. The van der Waals surface area contributed by atoms with Gasteiger partial charge in [0.2, 0.25) is 5.91 Å². The molecule has 73 heavy (non-hydrogen) atoms. The number of amides is 1. The first kappa shape index (κ1) is 66.3. The van der Waals surface area contributed by atoms with E-state index in [4.69, 9.17) is 18.8 Å². The fraction of sp³-hybridized carbons (Fsp3) is 0.782. The van der Waals surface area contributed by atoms with Gasteiger partial charge in [0, 0.05) is 6.42 Å². The molecule has 0 aromatic heterocycles. The molecule has 0 radical (unpaired) electrons. The topological polar surface area (TPSA) is 242 Å². The Hall–Kier alpha value is -2.78. The zero-order valence-electron chi connectivity index (χ0n) is 44.4. The van der Waals surface area contributed by atoms with Gasteiger partial charge < -0.3 is 29.7 Å². The Labute approximate surface area is 440 Å². The van der Waals surface area contributed by atoms with E-state index in [1.807, 2.05) is 6.08 Å². The molecule has 1 aromatic rings. The summed E-state index contributed by atoms with van der Waals surface area (Å²) < 4.78 is 91.6. The predicted molar refractivity (Wildman–Crippen MR) is 285 cm³/mol. The van der Waals surface area contributed by atoms with Crippen molar-refractivity contribution in [2.45, 2.75) is 262 Å². The number of hydrogen-bond donors (Lipinski definition) is 5. The molecule has 1 heterocycles. The number of ether oxygens (including phenoxy) is 3. The molecule has 0 saturated carbocycles. The number of nitrogens with one attached hydrogen (secondary N) is 1. The second-order valence-electron chi connectivity index (χ2n) is 19.7. The van der Waals surface area contributed by atoms with E-state index < -0.39 is 82.8 Å². The van der Waals surface area contributed by atoms with E-state index in [1.165, 1.54) is 135 Å². The van der Waals surface area contributed by atoms with Crippen LogP contribution in [-0.2, 0) is 48.2 Å². The molecule has 0 aliphatic carbocycles. The van der Waals surface area contributed by atoms with Crippen LogP contribution >= 0.6 is 0 Å². The summed E-state index contributed by atoms with van der Waals surface area (Å²) in [5, 5.41) is 24.4. The van der Waals surface area contributed by atoms with Crippen LogP contribution in [0.2, 0.25) is 0 Å². The van der Waals surface area contributed by atoms with E-state index >= 15 is 0 Å². The number of esters is 1. The SMILES string of the molecule is CCCCCCCC/C=C\CCCCCCCCCCCCCC(=O)N[C@@H](CO[C@H]1O[C@H](COS(=O)(=O)O)[C@H](O)[C@H](O)[C@H]1OS(=O)(=O)O)[C@@H](/C=C/CCCCCCCCCCCCC)OC(=O)c1ccccc1. The Morgan fingerprint density at radius 2 is 1.07 bits per heavy atom. The molecule has 2 rings (SSSR count). The molecule has 0 unspecified atom stereocenters. The number of aliphatic hydroxyl groups excluding tert-OH is 2. The summed E-state index contributed by atoms with van der Waals surface area (Å²) >= 11 is 0. The van der Waals surface area contributed by atoms with Crippen LogP contribution in [0, 0.1) is 0 Å². The third kappa shape index (κ3) is 34.5. The van der Waals surface area contributed by atoms with E-state index in [-0.39, 0.29) is 17.9 Å². The maximum absolute atomic E-state index is 13.7. The van der Waals surface area contributed by atoms with E-state index in [0.29, 0.717) is 12.8 Å². The van der Waals surface area contributed by atoms with Crippen molar-refractivity contribution in [1.29, 1.82) is 0 Å². The summed E-state index contributed by atoms with van der Waals surface area (Å²) in [4.78, 5) is 27.2. The molecule has 0 bridgehead atoms. The lowest BCUT2D eigenvalue weighted by molar-refractivity contribution is -0.296. The number of benzene rings is 1. The average molecular weight is 1070 g/mol. The van der Waals surface area contributed by atoms with Gasteiger partial charge in [0.1, 0.15) is 24.4 Å². The van der Waals surface area contributed by atoms with E-state index in [1.54, 1.807) is 36.4 Å². The maximum atomic E-state index is 13.7. The number of aliphatic hydroxyl groups is 2. The highest BCUT2D eigenvalue weighted by Gasteiger charge is 2.49. The van der Waals surface area contributed by atoms with Crippen molar-refractivity contribution < 1.29 is 68.3 Å². The minimum Gasteiger partial charge on any atom is -0.452 e. The van der Waals surface area contributed by atoms with Gasteiger partial charge in [-0.05, 0) is 63.2 Å². The van der Waals surface area contributed by atoms with Gasteiger partial charge in [-0.2, -0.15) is 16.8 Å². The quantitative estimate of drug-likeness (QED) is 0.0176. The number of unbranched alkanes of at least 4 members (excludes halogenated alkanes) is 28. The minimum absolute atomic E-state index is 0.140. The van der Waals surface area contributed by atoms with Gasteiger partial charge in [-0.3, -0.25) is 13.9 Å². The molecule has 1 amide bonds. The molecular weight excluding hydrogens is 979 g/mol. The van der Waals surface area contributed by atoms with Crippen molar-refractivity contribution in [2.24, 2.45) is 0 Å². The molecule has 1 aliphatic rings. The summed E-state index contributed by atoms with van der Waals surface area (Å²) in [6.07, 6.45) is 33.1. The highest BCUT2D eigenvalue weighted by Crippen LogP contribution is 2.27. The number of allylic oxidation sites excluding steroid dienone is 3. The van der Waals surface area contributed by atoms with Crippen LogP contribution < -0.4 is 5.32 Å². The monoisotopic (exact) mass is 1070 g/mol. The smallest absolute Gasteiger partial charge is 0.397 e. The zero-order chi connectivity index (χ0) is 53.4. The number of rotatable bonds is 46. The average Bonchev–Trinajstić information content (AvgIpc) is 3.35. The summed E-state index contributed by atoms with van der Waals surface area (Å²) in [5.41, 5.74) is 0.241. The summed E-state index contributed by atoms with van der Waals surface area (Å²) in [5.74, 6) is -1.08. The molecule has 7 atom stereocenters. The van der Waals surface area contributed by atoms with E-state index in [2.05, 4.69) is 39.7 Å². The largest absolute Gasteiger partial charge is 0.452 e. The van der Waals surface area contributed by atoms with Crippen molar-refractivity contribution in [3.05, 3.63) is 60.2 Å². The normalized spacial score (nSPS) is 19.4. The van der Waals surface area contributed by atoms with Gasteiger partial charge in [-0.25, -0.2) is 13.2 Å². The van der Waals surface area contributed by atoms with Gasteiger partial charge in [0.05, 0.1) is 24.8 Å².